The fourth-order valence-corrected chi connectivity index (χ4v) is 9.79. The smallest absolute Gasteiger partial charge is 0.0808 e. The second-order valence-electron chi connectivity index (χ2n) is 17.7. The maximum absolute atomic E-state index is 4.18. The molecule has 0 fully saturated rings. The van der Waals surface area contributed by atoms with Crippen LogP contribution in [0.5, 0.6) is 0 Å². The normalized spacial score (nSPS) is 14.9. The second-order valence-corrected chi connectivity index (χ2v) is 19.6. The van der Waals surface area contributed by atoms with Crippen molar-refractivity contribution in [2.24, 2.45) is 0 Å². The minimum atomic E-state index is 0.0748. The van der Waals surface area contributed by atoms with Gasteiger partial charge in [0.05, 0.1) is 28.2 Å². The van der Waals surface area contributed by atoms with E-state index in [9.17, 15) is 0 Å². The van der Waals surface area contributed by atoms with Crippen molar-refractivity contribution in [3.8, 4) is 0 Å². The molecule has 2 heteroatoms. The third-order valence-corrected chi connectivity index (χ3v) is 12.8. The van der Waals surface area contributed by atoms with E-state index in [-0.39, 0.29) is 16.7 Å². The van der Waals surface area contributed by atoms with Gasteiger partial charge in [0.25, 0.3) is 0 Å². The highest BCUT2D eigenvalue weighted by molar-refractivity contribution is 9.10. The summed E-state index contributed by atoms with van der Waals surface area (Å²) < 4.78 is 2.13. The lowest BCUT2D eigenvalue weighted by Gasteiger charge is -2.33. The number of fused-ring (bicyclic) bond motifs is 4. The van der Waals surface area contributed by atoms with Gasteiger partial charge in [-0.25, -0.2) is 0 Å². The Morgan fingerprint density at radius 1 is 0.491 bits per heavy atom. The molecule has 0 aromatic heterocycles. The van der Waals surface area contributed by atoms with Gasteiger partial charge in [-0.05, 0) is 161 Å². The summed E-state index contributed by atoms with van der Waals surface area (Å²) in [6.45, 7) is 23.0. The van der Waals surface area contributed by atoms with Crippen molar-refractivity contribution in [1.82, 2.24) is 0 Å². The molecule has 0 atom stereocenters. The molecule has 0 saturated carbocycles. The molecule has 0 nitrogen and oxygen atoms in total. The quantitative estimate of drug-likeness (QED) is 0.120. The molecule has 0 unspecified atom stereocenters. The average Bonchev–Trinajstić information content (AvgIpc) is 3.11. The molecule has 55 heavy (non-hydrogen) atoms. The summed E-state index contributed by atoms with van der Waals surface area (Å²) in [5.74, 6) is 1.39. The standard InChI is InChI=1S/C53H49Br2/c1-30-23-34(52(5,6)7)24-31(2)48(30)50-40-17-13-11-15-38(40)46(39-16-12-14-18-41(39)50)29-47-44-27-36(54)19-21-42(44)51(43-22-20-37(55)28-45(43)47)49-32(3)25-35(26-33(49)4)53(8,9)10/h11-28,51H,1-10H3/q+1. The van der Waals surface area contributed by atoms with E-state index in [0.29, 0.717) is 0 Å². The molecule has 2 aliphatic rings. The van der Waals surface area contributed by atoms with E-state index in [4.69, 9.17) is 0 Å². The third kappa shape index (κ3) is 6.51. The van der Waals surface area contributed by atoms with Crippen LogP contribution in [0.3, 0.4) is 0 Å². The molecule has 0 spiro atoms. The van der Waals surface area contributed by atoms with Crippen LogP contribution in [0.15, 0.2) is 124 Å². The zero-order valence-corrected chi connectivity index (χ0v) is 36.9. The van der Waals surface area contributed by atoms with Gasteiger partial charge in [0.2, 0.25) is 0 Å². The number of halogens is 2. The lowest BCUT2D eigenvalue weighted by atomic mass is 9.69. The monoisotopic (exact) mass is 843 g/mol. The number of hydrogen-bond donors (Lipinski definition) is 0. The summed E-state index contributed by atoms with van der Waals surface area (Å²) in [6.07, 6.45) is 0. The predicted octanol–water partition coefficient (Wildman–Crippen LogP) is 15.0. The summed E-state index contributed by atoms with van der Waals surface area (Å²) >= 11 is 7.78. The minimum Gasteiger partial charge on any atom is -0.0901 e. The van der Waals surface area contributed by atoms with E-state index in [1.807, 2.05) is 0 Å². The number of aryl methyl sites for hydroxylation is 4. The summed E-state index contributed by atoms with van der Waals surface area (Å²) in [5.41, 5.74) is 27.3. The maximum atomic E-state index is 4.18. The Labute approximate surface area is 345 Å². The van der Waals surface area contributed by atoms with Crippen LogP contribution >= 0.6 is 31.9 Å². The average molecular weight is 846 g/mol. The van der Waals surface area contributed by atoms with E-state index in [2.05, 4.69) is 216 Å². The Morgan fingerprint density at radius 3 is 1.33 bits per heavy atom. The zero-order chi connectivity index (χ0) is 39.1. The SMILES string of the molecule is Cc1cc(C(C)(C)C)cc(C)c1[C+]1c2ccccc2C(=C=C2c3cc(Br)ccc3C(c3c(C)cc(C(C)(C)C)cc3C)c3ccc(Br)cc32)c2ccccc21. The molecule has 8 rings (SSSR count). The van der Waals surface area contributed by atoms with Crippen molar-refractivity contribution in [2.75, 3.05) is 0 Å². The van der Waals surface area contributed by atoms with Crippen molar-refractivity contribution < 1.29 is 0 Å². The maximum Gasteiger partial charge on any atom is 0.0808 e. The Balaban J connectivity index is 1.43. The molecule has 6 aromatic rings. The Hall–Kier alpha value is -4.33. The molecule has 0 aliphatic heterocycles. The van der Waals surface area contributed by atoms with Crippen LogP contribution in [0.25, 0.3) is 11.1 Å². The van der Waals surface area contributed by atoms with E-state index in [1.165, 1.54) is 94.9 Å². The van der Waals surface area contributed by atoms with Gasteiger partial charge in [-0.2, -0.15) is 0 Å². The number of rotatable bonds is 2. The van der Waals surface area contributed by atoms with Crippen molar-refractivity contribution in [1.29, 1.82) is 0 Å². The largest absolute Gasteiger partial charge is 0.0901 e. The first-order valence-corrected chi connectivity index (χ1v) is 21.0. The van der Waals surface area contributed by atoms with Crippen LogP contribution in [0.2, 0.25) is 0 Å². The first-order valence-electron chi connectivity index (χ1n) is 19.4. The first kappa shape index (κ1) is 37.6. The molecule has 6 aromatic carbocycles. The molecular weight excluding hydrogens is 796 g/mol. The molecule has 0 saturated heterocycles. The molecule has 0 bridgehead atoms. The van der Waals surface area contributed by atoms with Gasteiger partial charge >= 0.3 is 0 Å². The summed E-state index contributed by atoms with van der Waals surface area (Å²) in [6, 6.07) is 41.3. The highest BCUT2D eigenvalue weighted by Crippen LogP contribution is 2.51. The molecule has 0 N–H and O–H groups in total. The molecule has 0 radical (unpaired) electrons. The van der Waals surface area contributed by atoms with Gasteiger partial charge in [0.15, 0.2) is 0 Å². The molecule has 274 valence electrons. The summed E-state index contributed by atoms with van der Waals surface area (Å²) in [5, 5.41) is 0. The van der Waals surface area contributed by atoms with E-state index < -0.39 is 0 Å². The highest BCUT2D eigenvalue weighted by Gasteiger charge is 2.39. The summed E-state index contributed by atoms with van der Waals surface area (Å²) in [7, 11) is 0. The van der Waals surface area contributed by atoms with Gasteiger partial charge in [-0.15, -0.1) is 0 Å². The Morgan fingerprint density at radius 2 is 0.891 bits per heavy atom. The van der Waals surface area contributed by atoms with Crippen LogP contribution in [0.1, 0.15) is 136 Å². The second kappa shape index (κ2) is 13.7. The zero-order valence-electron chi connectivity index (χ0n) is 33.7. The minimum absolute atomic E-state index is 0.0748. The lowest BCUT2D eigenvalue weighted by Crippen LogP contribution is -2.19. The van der Waals surface area contributed by atoms with E-state index >= 15 is 0 Å². The van der Waals surface area contributed by atoms with Gasteiger partial charge in [-0.3, -0.25) is 0 Å². The summed E-state index contributed by atoms with van der Waals surface area (Å²) in [4.78, 5) is 0. The molecule has 0 heterocycles. The van der Waals surface area contributed by atoms with Gasteiger partial charge < -0.3 is 0 Å². The Kier molecular flexibility index (Phi) is 9.36. The number of benzene rings is 6. The molecular formula is C53H49Br2+. The van der Waals surface area contributed by atoms with Crippen LogP contribution in [-0.4, -0.2) is 0 Å². The lowest BCUT2D eigenvalue weighted by molar-refractivity contribution is 0.588. The van der Waals surface area contributed by atoms with Gasteiger partial charge in [-0.1, -0.05) is 116 Å². The Bertz CT molecular complexity index is 2460. The highest BCUT2D eigenvalue weighted by atomic mass is 79.9. The van der Waals surface area contributed by atoms with Crippen LogP contribution < -0.4 is 0 Å². The third-order valence-electron chi connectivity index (χ3n) is 11.8. The molecule has 0 amide bonds. The topological polar surface area (TPSA) is 0 Å². The predicted molar refractivity (Wildman–Crippen MR) is 240 cm³/mol. The number of hydrogen-bond acceptors (Lipinski definition) is 0. The van der Waals surface area contributed by atoms with E-state index in [0.717, 1.165) is 20.1 Å². The van der Waals surface area contributed by atoms with Crippen LogP contribution in [-0.2, 0) is 10.8 Å². The van der Waals surface area contributed by atoms with Crippen molar-refractivity contribution >= 4 is 43.0 Å². The van der Waals surface area contributed by atoms with E-state index in [1.54, 1.807) is 0 Å². The van der Waals surface area contributed by atoms with Gasteiger partial charge in [0, 0.05) is 42.7 Å². The van der Waals surface area contributed by atoms with Gasteiger partial charge in [0.1, 0.15) is 0 Å². The van der Waals surface area contributed by atoms with Crippen LogP contribution in [0, 0.1) is 33.6 Å². The fraction of sp³-hybridized carbons (Fsp3) is 0.245. The van der Waals surface area contributed by atoms with Crippen molar-refractivity contribution in [3.05, 3.63) is 219 Å². The fourth-order valence-electron chi connectivity index (χ4n) is 9.06. The van der Waals surface area contributed by atoms with Crippen LogP contribution in [0.4, 0.5) is 0 Å². The first-order chi connectivity index (χ1) is 26.0. The van der Waals surface area contributed by atoms with Crippen molar-refractivity contribution in [2.45, 2.75) is 86.0 Å². The van der Waals surface area contributed by atoms with Crippen molar-refractivity contribution in [3.63, 3.8) is 0 Å². The molecule has 2 aliphatic carbocycles.